The molecule has 0 spiro atoms. The van der Waals surface area contributed by atoms with E-state index in [-0.39, 0.29) is 22.2 Å². The summed E-state index contributed by atoms with van der Waals surface area (Å²) in [5, 5.41) is 2.62. The Labute approximate surface area is 115 Å². The molecule has 0 fully saturated rings. The number of hydrogen-bond donors (Lipinski definition) is 2. The van der Waals surface area contributed by atoms with Gasteiger partial charge in [0.1, 0.15) is 11.6 Å². The maximum Gasteiger partial charge on any atom is 0.286 e. The number of carbonyl (C=O) groups is 1. The average molecular weight is 300 g/mol. The number of aryl methyl sites for hydroxylation is 1. The van der Waals surface area contributed by atoms with Crippen LogP contribution in [0.15, 0.2) is 23.3 Å². The van der Waals surface area contributed by atoms with E-state index in [1.165, 1.54) is 12.4 Å². The van der Waals surface area contributed by atoms with Crippen LogP contribution < -0.4 is 16.6 Å². The number of thiazole rings is 1. The van der Waals surface area contributed by atoms with Crippen LogP contribution in [-0.4, -0.2) is 22.1 Å². The molecule has 0 bridgehead atoms. The Kier molecular flexibility index (Phi) is 4.08. The smallest absolute Gasteiger partial charge is 0.286 e. The van der Waals surface area contributed by atoms with Crippen molar-refractivity contribution in [3.63, 3.8) is 0 Å². The van der Waals surface area contributed by atoms with Gasteiger partial charge in [-0.3, -0.25) is 9.59 Å². The van der Waals surface area contributed by atoms with Crippen molar-refractivity contribution < 1.29 is 13.6 Å². The van der Waals surface area contributed by atoms with Gasteiger partial charge in [-0.25, -0.2) is 13.8 Å². The highest BCUT2D eigenvalue weighted by atomic mass is 32.1. The van der Waals surface area contributed by atoms with Crippen molar-refractivity contribution in [3.8, 4) is 0 Å². The summed E-state index contributed by atoms with van der Waals surface area (Å²) in [6, 6.07) is 0.874. The van der Waals surface area contributed by atoms with Gasteiger partial charge in [0.15, 0.2) is 10.9 Å². The predicted octanol–water partition coefficient (Wildman–Crippen LogP) is 1.25. The molecule has 9 heteroatoms. The molecule has 0 aliphatic rings. The molecule has 2 aromatic heterocycles. The van der Waals surface area contributed by atoms with E-state index in [0.717, 1.165) is 22.0 Å². The fourth-order valence-electron chi connectivity index (χ4n) is 1.51. The second kappa shape index (κ2) is 5.78. The molecule has 0 saturated carbocycles. The number of nitrogens with one attached hydrogen (secondary N) is 1. The maximum absolute atomic E-state index is 13.4. The lowest BCUT2D eigenvalue weighted by Gasteiger charge is -2.08. The van der Waals surface area contributed by atoms with E-state index in [1.54, 1.807) is 0 Å². The average Bonchev–Trinajstić information content (AvgIpc) is 2.82. The monoisotopic (exact) mass is 300 g/mol. The third-order valence-electron chi connectivity index (χ3n) is 2.37. The third-order valence-corrected chi connectivity index (χ3v) is 3.20. The molecule has 2 rings (SSSR count). The number of aromatic nitrogens is 2. The Bertz CT molecular complexity index is 698. The molecule has 2 heterocycles. The number of carbonyl (C=O) groups excluding carboxylic acids is 1. The summed E-state index contributed by atoms with van der Waals surface area (Å²) in [5.74, 6) is -1.61. The lowest BCUT2D eigenvalue weighted by molar-refractivity contribution is 0.103. The lowest BCUT2D eigenvalue weighted by atomic mass is 10.3. The fourth-order valence-corrected chi connectivity index (χ4v) is 2.09. The van der Waals surface area contributed by atoms with Crippen molar-refractivity contribution in [1.29, 1.82) is 0 Å². The van der Waals surface area contributed by atoms with Crippen LogP contribution in [0.2, 0.25) is 0 Å². The van der Waals surface area contributed by atoms with Gasteiger partial charge in [-0.05, 0) is 0 Å². The zero-order chi connectivity index (χ0) is 14.7. The van der Waals surface area contributed by atoms with E-state index < -0.39 is 24.0 Å². The van der Waals surface area contributed by atoms with Gasteiger partial charge in [0.05, 0.1) is 18.4 Å². The molecule has 0 saturated heterocycles. The van der Waals surface area contributed by atoms with Gasteiger partial charge in [-0.15, -0.1) is 0 Å². The van der Waals surface area contributed by atoms with Crippen LogP contribution in [0.1, 0.15) is 9.67 Å². The van der Waals surface area contributed by atoms with Crippen LogP contribution in [0.25, 0.3) is 0 Å². The molecule has 3 N–H and O–H groups in total. The van der Waals surface area contributed by atoms with Gasteiger partial charge in [-0.2, -0.15) is 0 Å². The van der Waals surface area contributed by atoms with Gasteiger partial charge in [0.2, 0.25) is 0 Å². The maximum atomic E-state index is 13.4. The van der Waals surface area contributed by atoms with Gasteiger partial charge >= 0.3 is 0 Å². The quantitative estimate of drug-likeness (QED) is 0.889. The van der Waals surface area contributed by atoms with Crippen molar-refractivity contribution in [1.82, 2.24) is 9.55 Å². The summed E-state index contributed by atoms with van der Waals surface area (Å²) in [4.78, 5) is 27.1. The molecule has 0 atom stereocenters. The first kappa shape index (κ1) is 14.1. The van der Waals surface area contributed by atoms with Gasteiger partial charge < -0.3 is 15.6 Å². The molecule has 0 unspecified atom stereocenters. The van der Waals surface area contributed by atoms with Gasteiger partial charge in [0, 0.05) is 12.3 Å². The van der Waals surface area contributed by atoms with Crippen molar-refractivity contribution in [2.45, 2.75) is 6.54 Å². The molecule has 1 amide bonds. The Morgan fingerprint density at radius 3 is 2.90 bits per heavy atom. The second-order valence-corrected chi connectivity index (χ2v) is 4.84. The van der Waals surface area contributed by atoms with E-state index in [2.05, 4.69) is 10.3 Å². The largest absolute Gasteiger partial charge is 0.375 e. The molecule has 0 aliphatic carbocycles. The van der Waals surface area contributed by atoms with E-state index >= 15 is 0 Å². The normalized spacial score (nSPS) is 10.5. The topological polar surface area (TPSA) is 90.0 Å². The summed E-state index contributed by atoms with van der Waals surface area (Å²) in [7, 11) is 0. The van der Waals surface area contributed by atoms with Crippen LogP contribution in [0.3, 0.4) is 0 Å². The number of nitrogens with zero attached hydrogens (tertiary/aromatic N) is 2. The summed E-state index contributed by atoms with van der Waals surface area (Å²) in [5.41, 5.74) is 4.50. The minimum absolute atomic E-state index is 0.0486. The van der Waals surface area contributed by atoms with Crippen molar-refractivity contribution in [3.05, 3.63) is 39.5 Å². The third kappa shape index (κ3) is 2.99. The van der Waals surface area contributed by atoms with E-state index in [9.17, 15) is 18.4 Å². The summed E-state index contributed by atoms with van der Waals surface area (Å²) < 4.78 is 26.5. The van der Waals surface area contributed by atoms with Crippen molar-refractivity contribution in [2.24, 2.45) is 0 Å². The van der Waals surface area contributed by atoms with E-state index in [0.29, 0.717) is 0 Å². The number of amides is 1. The molecule has 106 valence electrons. The second-order valence-electron chi connectivity index (χ2n) is 3.78. The van der Waals surface area contributed by atoms with Crippen LogP contribution >= 0.6 is 11.3 Å². The SMILES string of the molecule is Nc1ncc(C(=O)Nc2cc(F)c(=O)n(CCF)c2)s1. The number of hydrogen-bond acceptors (Lipinski definition) is 5. The van der Waals surface area contributed by atoms with Gasteiger partial charge in [0.25, 0.3) is 11.5 Å². The lowest BCUT2D eigenvalue weighted by Crippen LogP contribution is -2.24. The van der Waals surface area contributed by atoms with Crippen LogP contribution in [0, 0.1) is 5.82 Å². The van der Waals surface area contributed by atoms with E-state index in [1.807, 2.05) is 0 Å². The Morgan fingerprint density at radius 2 is 2.30 bits per heavy atom. The Balaban J connectivity index is 2.25. The summed E-state index contributed by atoms with van der Waals surface area (Å²) >= 11 is 0.969. The van der Waals surface area contributed by atoms with E-state index in [4.69, 9.17) is 5.73 Å². The van der Waals surface area contributed by atoms with Crippen molar-refractivity contribution >= 4 is 28.1 Å². The predicted molar refractivity (Wildman–Crippen MR) is 71.1 cm³/mol. The number of anilines is 2. The highest BCUT2D eigenvalue weighted by molar-refractivity contribution is 7.17. The van der Waals surface area contributed by atoms with Crippen LogP contribution in [0.4, 0.5) is 19.6 Å². The molecule has 2 aromatic rings. The molecule has 0 aliphatic heterocycles. The molecule has 0 radical (unpaired) electrons. The van der Waals surface area contributed by atoms with Gasteiger partial charge in [-0.1, -0.05) is 11.3 Å². The molecular formula is C11H10F2N4O2S. The Morgan fingerprint density at radius 1 is 1.55 bits per heavy atom. The standard InChI is InChI=1S/C11H10F2N4O2S/c12-1-2-17-5-6(3-7(13)10(17)19)16-9(18)8-4-15-11(14)20-8/h3-5H,1-2H2,(H2,14,15)(H,16,18). The summed E-state index contributed by atoms with van der Waals surface area (Å²) in [6.45, 7) is -1.10. The van der Waals surface area contributed by atoms with Crippen LogP contribution in [0.5, 0.6) is 0 Å². The fraction of sp³-hybridized carbons (Fsp3) is 0.182. The molecule has 6 nitrogen and oxygen atoms in total. The number of nitrogen functional groups attached to an aromatic ring is 1. The minimum Gasteiger partial charge on any atom is -0.375 e. The van der Waals surface area contributed by atoms with Crippen LogP contribution in [-0.2, 0) is 6.54 Å². The number of alkyl halides is 1. The zero-order valence-electron chi connectivity index (χ0n) is 10.1. The highest BCUT2D eigenvalue weighted by Gasteiger charge is 2.12. The highest BCUT2D eigenvalue weighted by Crippen LogP contribution is 2.16. The molecule has 20 heavy (non-hydrogen) atoms. The molecular weight excluding hydrogens is 290 g/mol. The number of rotatable bonds is 4. The minimum atomic E-state index is -1.07. The first-order chi connectivity index (χ1) is 9.51. The van der Waals surface area contributed by atoms with Crippen molar-refractivity contribution in [2.75, 3.05) is 17.7 Å². The number of halogens is 2. The molecule has 0 aromatic carbocycles. The number of pyridine rings is 1. The first-order valence-corrected chi connectivity index (χ1v) is 6.31. The summed E-state index contributed by atoms with van der Waals surface area (Å²) in [6.07, 6.45) is 2.45. The zero-order valence-corrected chi connectivity index (χ0v) is 10.9. The first-order valence-electron chi connectivity index (χ1n) is 5.50. The number of nitrogens with two attached hydrogens (primary N) is 1. The Hall–Kier alpha value is -2.29.